The largest absolute Gasteiger partial charge is 0.342 e. The Morgan fingerprint density at radius 3 is 2.59 bits per heavy atom. The van der Waals surface area contributed by atoms with Crippen LogP contribution in [-0.2, 0) is 13.0 Å². The topological polar surface area (TPSA) is 51.0 Å². The third kappa shape index (κ3) is 3.51. The van der Waals surface area contributed by atoms with Crippen LogP contribution < -0.4 is 10.5 Å². The quantitative estimate of drug-likeness (QED) is 0.537. The highest BCUT2D eigenvalue weighted by atomic mass is 16.1. The lowest BCUT2D eigenvalue weighted by molar-refractivity contribution is 0.532. The van der Waals surface area contributed by atoms with Gasteiger partial charge in [0.25, 0.3) is 5.56 Å². The van der Waals surface area contributed by atoms with E-state index in [1.54, 1.807) is 23.0 Å². The van der Waals surface area contributed by atoms with Gasteiger partial charge in [-0.25, -0.2) is 4.98 Å². The second-order valence-corrected chi connectivity index (χ2v) is 7.44. The van der Waals surface area contributed by atoms with Crippen molar-refractivity contribution in [3.8, 4) is 11.3 Å². The molecule has 5 rings (SSSR count). The van der Waals surface area contributed by atoms with Crippen LogP contribution in [0.5, 0.6) is 0 Å². The van der Waals surface area contributed by atoms with Gasteiger partial charge in [0.2, 0.25) is 5.95 Å². The number of pyridine rings is 1. The lowest BCUT2D eigenvalue weighted by Gasteiger charge is -2.31. The van der Waals surface area contributed by atoms with Gasteiger partial charge in [-0.2, -0.15) is 0 Å². The van der Waals surface area contributed by atoms with Crippen molar-refractivity contribution in [2.75, 3.05) is 18.0 Å². The monoisotopic (exact) mass is 382 g/mol. The number of aromatic nitrogens is 3. The summed E-state index contributed by atoms with van der Waals surface area (Å²) in [5, 5.41) is 2.52. The highest BCUT2D eigenvalue weighted by molar-refractivity contribution is 5.83. The SMILES string of the molecule is O=c1cc(-c2ccncc2)nc2n1CCCN2CCc1ccc2ccccc2c1. The van der Waals surface area contributed by atoms with Gasteiger partial charge in [0.15, 0.2) is 0 Å². The molecule has 5 nitrogen and oxygen atoms in total. The molecule has 0 unspecified atom stereocenters. The molecule has 1 aliphatic rings. The zero-order valence-electron chi connectivity index (χ0n) is 16.2. The van der Waals surface area contributed by atoms with Gasteiger partial charge in [0.1, 0.15) is 0 Å². The van der Waals surface area contributed by atoms with E-state index in [1.165, 1.54) is 16.3 Å². The highest BCUT2D eigenvalue weighted by Gasteiger charge is 2.20. The van der Waals surface area contributed by atoms with E-state index in [-0.39, 0.29) is 5.56 Å². The van der Waals surface area contributed by atoms with Gasteiger partial charge in [-0.15, -0.1) is 0 Å². The van der Waals surface area contributed by atoms with Crippen LogP contribution in [0.15, 0.2) is 77.9 Å². The maximum Gasteiger partial charge on any atom is 0.255 e. The minimum atomic E-state index is 0.0113. The van der Waals surface area contributed by atoms with E-state index in [9.17, 15) is 4.79 Å². The predicted molar refractivity (Wildman–Crippen MR) is 116 cm³/mol. The molecule has 0 aliphatic carbocycles. The summed E-state index contributed by atoms with van der Waals surface area (Å²) in [5.74, 6) is 0.774. The van der Waals surface area contributed by atoms with E-state index in [0.717, 1.165) is 44.0 Å². The fraction of sp³-hybridized carbons (Fsp3) is 0.208. The molecule has 5 heteroatoms. The summed E-state index contributed by atoms with van der Waals surface area (Å²) in [6.45, 7) is 2.48. The van der Waals surface area contributed by atoms with Gasteiger partial charge < -0.3 is 4.90 Å². The van der Waals surface area contributed by atoms with Crippen molar-refractivity contribution in [1.29, 1.82) is 0 Å². The molecule has 144 valence electrons. The molecule has 0 N–H and O–H groups in total. The number of rotatable bonds is 4. The Labute approximate surface area is 169 Å². The maximum absolute atomic E-state index is 12.7. The first-order chi connectivity index (χ1) is 14.3. The summed E-state index contributed by atoms with van der Waals surface area (Å²) >= 11 is 0. The first-order valence-electron chi connectivity index (χ1n) is 10.0. The summed E-state index contributed by atoms with van der Waals surface area (Å²) in [6, 6.07) is 20.5. The zero-order chi connectivity index (χ0) is 19.6. The van der Waals surface area contributed by atoms with Crippen LogP contribution in [0, 0.1) is 0 Å². The molecule has 0 saturated heterocycles. The van der Waals surface area contributed by atoms with Crippen LogP contribution in [0.1, 0.15) is 12.0 Å². The number of fused-ring (bicyclic) bond motifs is 2. The Morgan fingerprint density at radius 1 is 0.897 bits per heavy atom. The van der Waals surface area contributed by atoms with E-state index in [0.29, 0.717) is 5.69 Å². The molecule has 2 aromatic heterocycles. The number of hydrogen-bond acceptors (Lipinski definition) is 4. The molecule has 0 fully saturated rings. The molecule has 3 heterocycles. The van der Waals surface area contributed by atoms with E-state index in [4.69, 9.17) is 4.98 Å². The normalized spacial score (nSPS) is 13.4. The highest BCUT2D eigenvalue weighted by Crippen LogP contribution is 2.22. The van der Waals surface area contributed by atoms with Crippen LogP contribution in [-0.4, -0.2) is 27.6 Å². The van der Waals surface area contributed by atoms with Crippen LogP contribution in [0.4, 0.5) is 5.95 Å². The molecule has 0 radical (unpaired) electrons. The lowest BCUT2D eigenvalue weighted by atomic mass is 10.0. The van der Waals surface area contributed by atoms with Gasteiger partial charge in [-0.05, 0) is 41.3 Å². The molecule has 0 saturated carbocycles. The predicted octanol–water partition coefficient (Wildman–Crippen LogP) is 3.91. The summed E-state index contributed by atoms with van der Waals surface area (Å²) in [4.78, 5) is 23.9. The van der Waals surface area contributed by atoms with Gasteiger partial charge in [0.05, 0.1) is 5.69 Å². The van der Waals surface area contributed by atoms with Crippen molar-refractivity contribution in [1.82, 2.24) is 14.5 Å². The number of anilines is 1. The van der Waals surface area contributed by atoms with Crippen LogP contribution in [0.2, 0.25) is 0 Å². The molecule has 29 heavy (non-hydrogen) atoms. The summed E-state index contributed by atoms with van der Waals surface area (Å²) in [6.07, 6.45) is 5.33. The van der Waals surface area contributed by atoms with Crippen molar-refractivity contribution in [2.24, 2.45) is 0 Å². The summed E-state index contributed by atoms with van der Waals surface area (Å²) in [5.41, 5.74) is 2.94. The van der Waals surface area contributed by atoms with Gasteiger partial charge in [0, 0.05) is 43.7 Å². The lowest BCUT2D eigenvalue weighted by Crippen LogP contribution is -2.39. The minimum absolute atomic E-state index is 0.0113. The molecule has 0 bridgehead atoms. The fourth-order valence-electron chi connectivity index (χ4n) is 4.01. The minimum Gasteiger partial charge on any atom is -0.342 e. The number of nitrogens with zero attached hydrogens (tertiary/aromatic N) is 4. The first kappa shape index (κ1) is 17.6. The number of benzene rings is 2. The van der Waals surface area contributed by atoms with Crippen LogP contribution in [0.25, 0.3) is 22.0 Å². The van der Waals surface area contributed by atoms with Crippen molar-refractivity contribution in [3.63, 3.8) is 0 Å². The van der Waals surface area contributed by atoms with E-state index in [2.05, 4.69) is 52.3 Å². The van der Waals surface area contributed by atoms with Crippen molar-refractivity contribution in [2.45, 2.75) is 19.4 Å². The second-order valence-electron chi connectivity index (χ2n) is 7.44. The number of hydrogen-bond donors (Lipinski definition) is 0. The molecular weight excluding hydrogens is 360 g/mol. The van der Waals surface area contributed by atoms with Crippen molar-refractivity contribution in [3.05, 3.63) is 89.0 Å². The maximum atomic E-state index is 12.7. The van der Waals surface area contributed by atoms with Gasteiger partial charge in [-0.1, -0.05) is 42.5 Å². The third-order valence-electron chi connectivity index (χ3n) is 5.54. The second kappa shape index (κ2) is 7.51. The van der Waals surface area contributed by atoms with E-state index < -0.39 is 0 Å². The van der Waals surface area contributed by atoms with Crippen molar-refractivity contribution >= 4 is 16.7 Å². The van der Waals surface area contributed by atoms with Crippen LogP contribution in [0.3, 0.4) is 0 Å². The Hall–Kier alpha value is -3.47. The Balaban J connectivity index is 1.43. The molecule has 0 spiro atoms. The molecule has 4 aromatic rings. The molecule has 0 atom stereocenters. The van der Waals surface area contributed by atoms with E-state index in [1.807, 2.05) is 12.1 Å². The Morgan fingerprint density at radius 2 is 1.72 bits per heavy atom. The van der Waals surface area contributed by atoms with Gasteiger partial charge in [-0.3, -0.25) is 14.3 Å². The average molecular weight is 382 g/mol. The molecule has 0 amide bonds. The summed E-state index contributed by atoms with van der Waals surface area (Å²) in [7, 11) is 0. The Kier molecular flexibility index (Phi) is 4.56. The average Bonchev–Trinajstić information content (AvgIpc) is 2.78. The molecule has 2 aromatic carbocycles. The molecular formula is C24H22N4O. The standard InChI is InChI=1S/C24H22N4O/c29-23-17-22(20-8-11-25-12-9-20)26-24-27(13-3-14-28(23)24)15-10-18-6-7-19-4-1-2-5-21(19)16-18/h1-2,4-9,11-12,16-17H,3,10,13-15H2. The Bertz CT molecular complexity index is 1220. The first-order valence-corrected chi connectivity index (χ1v) is 10.0. The van der Waals surface area contributed by atoms with Crippen LogP contribution >= 0.6 is 0 Å². The molecule has 1 aliphatic heterocycles. The van der Waals surface area contributed by atoms with E-state index >= 15 is 0 Å². The smallest absolute Gasteiger partial charge is 0.255 e. The van der Waals surface area contributed by atoms with Crippen molar-refractivity contribution < 1.29 is 0 Å². The summed E-state index contributed by atoms with van der Waals surface area (Å²) < 4.78 is 1.80. The zero-order valence-corrected chi connectivity index (χ0v) is 16.2. The fourth-order valence-corrected chi connectivity index (χ4v) is 4.01. The van der Waals surface area contributed by atoms with Gasteiger partial charge >= 0.3 is 0 Å². The third-order valence-corrected chi connectivity index (χ3v) is 5.54.